The highest BCUT2D eigenvalue weighted by Crippen LogP contribution is 2.13. The molecule has 2 N–H and O–H groups in total. The lowest BCUT2D eigenvalue weighted by atomic mass is 10.0. The molecule has 1 amide bonds. The quantitative estimate of drug-likeness (QED) is 0.198. The van der Waals surface area contributed by atoms with Crippen molar-refractivity contribution in [2.24, 2.45) is 0 Å². The zero-order valence-electron chi connectivity index (χ0n) is 17.4. The third-order valence-corrected chi connectivity index (χ3v) is 5.58. The van der Waals surface area contributed by atoms with Crippen LogP contribution >= 0.6 is 15.9 Å². The fraction of sp³-hybridized carbons (Fsp3) is 0.739. The van der Waals surface area contributed by atoms with Gasteiger partial charge in [-0.3, -0.25) is 4.79 Å². The summed E-state index contributed by atoms with van der Waals surface area (Å²) in [7, 11) is 0. The molecular weight excluding hydrogens is 416 g/mol. The van der Waals surface area contributed by atoms with Crippen LogP contribution in [0.2, 0.25) is 0 Å². The highest BCUT2D eigenvalue weighted by atomic mass is 79.9. The molecule has 0 fully saturated rings. The Balaban J connectivity index is 1.78. The van der Waals surface area contributed by atoms with Gasteiger partial charge in [0.2, 0.25) is 0 Å². The van der Waals surface area contributed by atoms with Crippen LogP contribution in [0.4, 0.5) is 0 Å². The topological polar surface area (TPSA) is 62.2 Å². The number of hydrogen-bond donors (Lipinski definition) is 2. The third kappa shape index (κ3) is 14.1. The highest BCUT2D eigenvalue weighted by molar-refractivity contribution is 9.10. The van der Waals surface area contributed by atoms with Crippen molar-refractivity contribution >= 4 is 21.8 Å². The molecule has 0 saturated heterocycles. The van der Waals surface area contributed by atoms with Crippen molar-refractivity contribution in [2.45, 2.75) is 96.3 Å². The first-order valence-corrected chi connectivity index (χ1v) is 12.0. The summed E-state index contributed by atoms with van der Waals surface area (Å²) in [5, 5.41) is 11.7. The minimum absolute atomic E-state index is 0.0369. The van der Waals surface area contributed by atoms with Gasteiger partial charge in [0.15, 0.2) is 0 Å². The van der Waals surface area contributed by atoms with Crippen LogP contribution in [0.15, 0.2) is 22.9 Å². The predicted octanol–water partition coefficient (Wildman–Crippen LogP) is 6.42. The smallest absolute Gasteiger partial charge is 0.252 e. The number of pyridine rings is 1. The number of carbonyl (C=O) groups excluding carboxylic acids is 1. The molecule has 0 atom stereocenters. The van der Waals surface area contributed by atoms with Crippen molar-refractivity contribution < 1.29 is 9.90 Å². The normalized spacial score (nSPS) is 10.9. The summed E-state index contributed by atoms with van der Waals surface area (Å²) < 4.78 is 0.745. The van der Waals surface area contributed by atoms with E-state index >= 15 is 0 Å². The minimum Gasteiger partial charge on any atom is -0.396 e. The molecule has 0 unspecified atom stereocenters. The van der Waals surface area contributed by atoms with Crippen molar-refractivity contribution in [2.75, 3.05) is 13.2 Å². The lowest BCUT2D eigenvalue weighted by Gasteiger charge is -2.05. The monoisotopic (exact) mass is 454 g/mol. The number of rotatable bonds is 18. The molecule has 1 heterocycles. The minimum atomic E-state index is -0.0369. The second-order valence-corrected chi connectivity index (χ2v) is 8.46. The first kappa shape index (κ1) is 25.1. The molecule has 28 heavy (non-hydrogen) atoms. The van der Waals surface area contributed by atoms with Crippen LogP contribution in [0.25, 0.3) is 0 Å². The summed E-state index contributed by atoms with van der Waals surface area (Å²) in [6.07, 6.45) is 20.8. The molecule has 0 aromatic carbocycles. The summed E-state index contributed by atoms with van der Waals surface area (Å²) in [6, 6.07) is 3.57. The van der Waals surface area contributed by atoms with Crippen LogP contribution in [0.3, 0.4) is 0 Å². The van der Waals surface area contributed by atoms with E-state index in [1.165, 1.54) is 83.5 Å². The van der Waals surface area contributed by atoms with Crippen molar-refractivity contribution in [3.05, 3.63) is 28.5 Å². The summed E-state index contributed by atoms with van der Waals surface area (Å²) >= 11 is 3.27. The van der Waals surface area contributed by atoms with Gasteiger partial charge < -0.3 is 10.4 Å². The van der Waals surface area contributed by atoms with E-state index in [1.54, 1.807) is 18.3 Å². The van der Waals surface area contributed by atoms with Crippen LogP contribution in [-0.4, -0.2) is 29.1 Å². The Morgan fingerprint density at radius 3 is 1.68 bits per heavy atom. The predicted molar refractivity (Wildman–Crippen MR) is 121 cm³/mol. The van der Waals surface area contributed by atoms with Crippen LogP contribution in [-0.2, 0) is 0 Å². The number of nitrogens with one attached hydrogen (secondary N) is 1. The third-order valence-electron chi connectivity index (χ3n) is 5.11. The van der Waals surface area contributed by atoms with E-state index in [4.69, 9.17) is 5.11 Å². The Hall–Kier alpha value is -0.940. The largest absolute Gasteiger partial charge is 0.396 e. The number of hydrogen-bond acceptors (Lipinski definition) is 3. The summed E-state index contributed by atoms with van der Waals surface area (Å²) in [6.45, 7) is 1.09. The zero-order chi connectivity index (χ0) is 20.3. The molecule has 1 aromatic rings. The van der Waals surface area contributed by atoms with Gasteiger partial charge in [0.1, 0.15) is 4.60 Å². The number of unbranched alkanes of at least 4 members (excludes halogenated alkanes) is 14. The number of nitrogens with zero attached hydrogens (tertiary/aromatic N) is 1. The SMILES string of the molecule is O=C(NCCCCCCCCCCCCCCCCCO)c1ccc(Br)nc1. The van der Waals surface area contributed by atoms with Gasteiger partial charge in [-0.2, -0.15) is 0 Å². The molecule has 0 aliphatic rings. The maximum atomic E-state index is 11.9. The molecule has 0 spiro atoms. The molecule has 160 valence electrons. The molecule has 0 aliphatic carbocycles. The summed E-state index contributed by atoms with van der Waals surface area (Å²) in [5.74, 6) is -0.0369. The van der Waals surface area contributed by atoms with Gasteiger partial charge in [-0.05, 0) is 40.9 Å². The number of amides is 1. The first-order valence-electron chi connectivity index (χ1n) is 11.2. The van der Waals surface area contributed by atoms with Crippen molar-refractivity contribution in [1.82, 2.24) is 10.3 Å². The van der Waals surface area contributed by atoms with E-state index in [9.17, 15) is 4.79 Å². The molecule has 0 saturated carbocycles. The van der Waals surface area contributed by atoms with E-state index in [0.29, 0.717) is 12.2 Å². The standard InChI is InChI=1S/C23H39BrN2O2/c24-22-17-16-21(20-26-22)23(28)25-18-14-12-10-8-6-4-2-1-3-5-7-9-11-13-15-19-27/h16-17,20,27H,1-15,18-19H2,(H,25,28). The van der Waals surface area contributed by atoms with Gasteiger partial charge in [-0.15, -0.1) is 0 Å². The Morgan fingerprint density at radius 2 is 1.25 bits per heavy atom. The summed E-state index contributed by atoms with van der Waals surface area (Å²) in [5.41, 5.74) is 0.616. The molecule has 4 nitrogen and oxygen atoms in total. The second kappa shape index (κ2) is 18.1. The zero-order valence-corrected chi connectivity index (χ0v) is 19.0. The average molecular weight is 455 g/mol. The highest BCUT2D eigenvalue weighted by Gasteiger charge is 2.04. The molecule has 1 rings (SSSR count). The number of halogens is 1. The van der Waals surface area contributed by atoms with E-state index in [-0.39, 0.29) is 5.91 Å². The molecule has 5 heteroatoms. The maximum Gasteiger partial charge on any atom is 0.252 e. The van der Waals surface area contributed by atoms with Crippen molar-refractivity contribution in [3.8, 4) is 0 Å². The van der Waals surface area contributed by atoms with E-state index in [1.807, 2.05) is 0 Å². The fourth-order valence-corrected chi connectivity index (χ4v) is 3.58. The molecular formula is C23H39BrN2O2. The van der Waals surface area contributed by atoms with E-state index in [2.05, 4.69) is 26.2 Å². The lowest BCUT2D eigenvalue weighted by Crippen LogP contribution is -2.24. The van der Waals surface area contributed by atoms with Crippen molar-refractivity contribution in [3.63, 3.8) is 0 Å². The van der Waals surface area contributed by atoms with Crippen molar-refractivity contribution in [1.29, 1.82) is 0 Å². The van der Waals surface area contributed by atoms with Gasteiger partial charge in [0, 0.05) is 19.3 Å². The van der Waals surface area contributed by atoms with Gasteiger partial charge >= 0.3 is 0 Å². The first-order chi connectivity index (χ1) is 13.7. The van der Waals surface area contributed by atoms with E-state index in [0.717, 1.165) is 24.0 Å². The molecule has 0 bridgehead atoms. The van der Waals surface area contributed by atoms with E-state index < -0.39 is 0 Å². The van der Waals surface area contributed by atoms with Gasteiger partial charge in [-0.1, -0.05) is 83.5 Å². The number of carbonyl (C=O) groups is 1. The molecule has 1 aromatic heterocycles. The number of aromatic nitrogens is 1. The fourth-order valence-electron chi connectivity index (χ4n) is 3.35. The van der Waals surface area contributed by atoms with Gasteiger partial charge in [0.25, 0.3) is 5.91 Å². The lowest BCUT2D eigenvalue weighted by molar-refractivity contribution is 0.0952. The van der Waals surface area contributed by atoms with Crippen LogP contribution < -0.4 is 5.32 Å². The van der Waals surface area contributed by atoms with Crippen LogP contribution in [0.1, 0.15) is 107 Å². The summed E-state index contributed by atoms with van der Waals surface area (Å²) in [4.78, 5) is 16.0. The Labute approximate surface area is 180 Å². The Morgan fingerprint density at radius 1 is 0.786 bits per heavy atom. The molecule has 0 radical (unpaired) electrons. The second-order valence-electron chi connectivity index (χ2n) is 7.65. The maximum absolute atomic E-state index is 11.9. The Kier molecular flexibility index (Phi) is 16.2. The van der Waals surface area contributed by atoms with Crippen LogP contribution in [0.5, 0.6) is 0 Å². The number of aliphatic hydroxyl groups excluding tert-OH is 1. The average Bonchev–Trinajstić information content (AvgIpc) is 2.70. The van der Waals surface area contributed by atoms with Gasteiger partial charge in [0.05, 0.1) is 5.56 Å². The van der Waals surface area contributed by atoms with Gasteiger partial charge in [-0.25, -0.2) is 4.98 Å². The van der Waals surface area contributed by atoms with Crippen LogP contribution in [0, 0.1) is 0 Å². The Bertz CT molecular complexity index is 494. The molecule has 0 aliphatic heterocycles. The number of aliphatic hydroxyl groups is 1.